The molecule has 33 heavy (non-hydrogen) atoms. The van der Waals surface area contributed by atoms with Crippen LogP contribution in [0, 0.1) is 0 Å². The monoisotopic (exact) mass is 456 g/mol. The van der Waals surface area contributed by atoms with Gasteiger partial charge in [0.15, 0.2) is 4.80 Å². The maximum absolute atomic E-state index is 13.4. The Balaban J connectivity index is 1.69. The first-order valence-electron chi connectivity index (χ1n) is 10.9. The number of carbonyl (C=O) groups excluding carboxylic acids is 1. The molecule has 0 atom stereocenters. The average molecular weight is 457 g/mol. The number of aromatic nitrogens is 1. The van der Waals surface area contributed by atoms with Gasteiger partial charge in [-0.3, -0.25) is 4.79 Å². The van der Waals surface area contributed by atoms with Crippen LogP contribution >= 0.6 is 11.3 Å². The Bertz CT molecular complexity index is 1550. The van der Waals surface area contributed by atoms with Crippen LogP contribution < -0.4 is 9.54 Å². The Morgan fingerprint density at radius 2 is 1.70 bits per heavy atom. The van der Waals surface area contributed by atoms with E-state index in [1.54, 1.807) is 7.11 Å². The lowest BCUT2D eigenvalue weighted by atomic mass is 10.1. The minimum Gasteiger partial charge on any atom is -0.496 e. The molecule has 166 valence electrons. The minimum absolute atomic E-state index is 0.321. The van der Waals surface area contributed by atoms with Crippen LogP contribution in [0.5, 0.6) is 5.75 Å². The van der Waals surface area contributed by atoms with Gasteiger partial charge in [0.1, 0.15) is 5.75 Å². The number of hydrogen-bond donors (Lipinski definition) is 0. The van der Waals surface area contributed by atoms with E-state index in [9.17, 15) is 4.79 Å². The van der Waals surface area contributed by atoms with Crippen LogP contribution in [0.4, 0.5) is 0 Å². The number of methoxy groups -OCH3 is 1. The molecule has 0 aliphatic heterocycles. The van der Waals surface area contributed by atoms with Crippen LogP contribution in [0.25, 0.3) is 31.8 Å². The SMILES string of the molecule is CCOCCn1c(=NC(=O)c2cc3ccccc3cc2OC)sc2c3ccccc3ccc21. The third kappa shape index (κ3) is 4.03. The second kappa shape index (κ2) is 9.17. The van der Waals surface area contributed by atoms with Crippen molar-refractivity contribution < 1.29 is 14.3 Å². The number of hydrogen-bond acceptors (Lipinski definition) is 4. The van der Waals surface area contributed by atoms with Crippen LogP contribution in [0.3, 0.4) is 0 Å². The van der Waals surface area contributed by atoms with Crippen molar-refractivity contribution in [1.82, 2.24) is 4.57 Å². The number of fused-ring (bicyclic) bond motifs is 4. The topological polar surface area (TPSA) is 52.8 Å². The van der Waals surface area contributed by atoms with Gasteiger partial charge in [-0.2, -0.15) is 4.99 Å². The van der Waals surface area contributed by atoms with E-state index in [0.29, 0.717) is 35.9 Å². The Kier molecular flexibility index (Phi) is 5.94. The van der Waals surface area contributed by atoms with Gasteiger partial charge in [0.2, 0.25) is 0 Å². The Morgan fingerprint density at radius 3 is 2.45 bits per heavy atom. The van der Waals surface area contributed by atoms with Crippen LogP contribution in [0.15, 0.2) is 77.8 Å². The van der Waals surface area contributed by atoms with Gasteiger partial charge in [-0.1, -0.05) is 65.9 Å². The molecule has 5 aromatic rings. The molecule has 0 saturated heterocycles. The Hall–Kier alpha value is -3.48. The van der Waals surface area contributed by atoms with Crippen molar-refractivity contribution in [3.05, 3.63) is 83.2 Å². The van der Waals surface area contributed by atoms with Crippen LogP contribution in [0.2, 0.25) is 0 Å². The van der Waals surface area contributed by atoms with Crippen molar-refractivity contribution in [2.75, 3.05) is 20.3 Å². The van der Waals surface area contributed by atoms with E-state index in [4.69, 9.17) is 9.47 Å². The zero-order chi connectivity index (χ0) is 22.8. The van der Waals surface area contributed by atoms with Gasteiger partial charge in [0.05, 0.1) is 29.5 Å². The number of nitrogens with zero attached hydrogens (tertiary/aromatic N) is 2. The fourth-order valence-corrected chi connectivity index (χ4v) is 5.29. The third-order valence-electron chi connectivity index (χ3n) is 5.73. The summed E-state index contributed by atoms with van der Waals surface area (Å²) in [7, 11) is 1.58. The third-order valence-corrected chi connectivity index (χ3v) is 6.86. The molecule has 0 N–H and O–H groups in total. The van der Waals surface area contributed by atoms with Gasteiger partial charge in [0.25, 0.3) is 5.91 Å². The second-order valence-corrected chi connectivity index (χ2v) is 8.66. The number of thiazole rings is 1. The highest BCUT2D eigenvalue weighted by Gasteiger charge is 2.15. The first-order valence-corrected chi connectivity index (χ1v) is 11.8. The van der Waals surface area contributed by atoms with Gasteiger partial charge in [-0.25, -0.2) is 0 Å². The quantitative estimate of drug-likeness (QED) is 0.304. The minimum atomic E-state index is -0.321. The first kappa shape index (κ1) is 21.4. The van der Waals surface area contributed by atoms with Gasteiger partial charge < -0.3 is 14.0 Å². The highest BCUT2D eigenvalue weighted by molar-refractivity contribution is 7.17. The molecule has 0 aliphatic rings. The van der Waals surface area contributed by atoms with E-state index >= 15 is 0 Å². The van der Waals surface area contributed by atoms with Gasteiger partial charge in [-0.15, -0.1) is 0 Å². The molecule has 6 heteroatoms. The molecular weight excluding hydrogens is 432 g/mol. The zero-order valence-electron chi connectivity index (χ0n) is 18.6. The molecule has 0 aliphatic carbocycles. The van der Waals surface area contributed by atoms with E-state index in [-0.39, 0.29) is 5.91 Å². The summed E-state index contributed by atoms with van der Waals surface area (Å²) in [5.41, 5.74) is 1.50. The van der Waals surface area contributed by atoms with Crippen LogP contribution in [0.1, 0.15) is 17.3 Å². The van der Waals surface area contributed by atoms with E-state index in [2.05, 4.69) is 33.8 Å². The number of rotatable bonds is 6. The molecule has 1 amide bonds. The highest BCUT2D eigenvalue weighted by Crippen LogP contribution is 2.29. The largest absolute Gasteiger partial charge is 0.496 e. The standard InChI is InChI=1S/C27H24N2O3S/c1-3-32-15-14-29-23-13-12-18-8-6-7-11-21(18)25(23)33-27(29)28-26(30)22-16-19-9-4-5-10-20(19)17-24(22)31-2/h4-13,16-17H,3,14-15H2,1-2H3. The summed E-state index contributed by atoms with van der Waals surface area (Å²) in [5, 5.41) is 4.31. The van der Waals surface area contributed by atoms with Crippen LogP contribution in [-0.2, 0) is 11.3 Å². The fourth-order valence-electron chi connectivity index (χ4n) is 4.10. The molecule has 4 aromatic carbocycles. The smallest absolute Gasteiger partial charge is 0.283 e. The molecule has 0 bridgehead atoms. The molecule has 1 heterocycles. The maximum Gasteiger partial charge on any atom is 0.283 e. The number of carbonyl (C=O) groups is 1. The Labute approximate surface area is 195 Å². The molecule has 5 rings (SSSR count). The zero-order valence-corrected chi connectivity index (χ0v) is 19.4. The van der Waals surface area contributed by atoms with Crippen molar-refractivity contribution in [3.8, 4) is 5.75 Å². The van der Waals surface area contributed by atoms with E-state index in [0.717, 1.165) is 31.8 Å². The van der Waals surface area contributed by atoms with E-state index in [1.807, 2.05) is 55.5 Å². The second-order valence-electron chi connectivity index (χ2n) is 7.68. The average Bonchev–Trinajstić information content (AvgIpc) is 3.20. The number of amides is 1. The predicted octanol–water partition coefficient (Wildman–Crippen LogP) is 5.80. The van der Waals surface area contributed by atoms with Crippen molar-refractivity contribution in [3.63, 3.8) is 0 Å². The Morgan fingerprint density at radius 1 is 0.970 bits per heavy atom. The van der Waals surface area contributed by atoms with Gasteiger partial charge in [0, 0.05) is 18.5 Å². The molecular formula is C27H24N2O3S. The van der Waals surface area contributed by atoms with Crippen molar-refractivity contribution in [1.29, 1.82) is 0 Å². The number of benzene rings is 4. The summed E-state index contributed by atoms with van der Waals surface area (Å²) < 4.78 is 14.3. The summed E-state index contributed by atoms with van der Waals surface area (Å²) in [5.74, 6) is 0.202. The summed E-state index contributed by atoms with van der Waals surface area (Å²) >= 11 is 1.53. The summed E-state index contributed by atoms with van der Waals surface area (Å²) in [6, 6.07) is 24.1. The lowest BCUT2D eigenvalue weighted by Crippen LogP contribution is -2.20. The molecule has 0 spiro atoms. The van der Waals surface area contributed by atoms with Crippen LogP contribution in [-0.4, -0.2) is 30.8 Å². The highest BCUT2D eigenvalue weighted by atomic mass is 32.1. The van der Waals surface area contributed by atoms with Crippen molar-refractivity contribution >= 4 is 49.0 Å². The normalized spacial score (nSPS) is 12.1. The summed E-state index contributed by atoms with van der Waals surface area (Å²) in [4.78, 5) is 18.6. The lowest BCUT2D eigenvalue weighted by Gasteiger charge is -2.08. The van der Waals surface area contributed by atoms with Gasteiger partial charge in [-0.05, 0) is 41.3 Å². The molecule has 5 nitrogen and oxygen atoms in total. The molecule has 0 saturated carbocycles. The first-order chi connectivity index (χ1) is 16.2. The van der Waals surface area contributed by atoms with Crippen molar-refractivity contribution in [2.24, 2.45) is 4.99 Å². The molecule has 0 fully saturated rings. The lowest BCUT2D eigenvalue weighted by molar-refractivity contribution is 0.0994. The molecule has 1 aromatic heterocycles. The van der Waals surface area contributed by atoms with E-state index in [1.165, 1.54) is 11.3 Å². The fraction of sp³-hybridized carbons (Fsp3) is 0.185. The number of ether oxygens (including phenoxy) is 2. The maximum atomic E-state index is 13.4. The van der Waals surface area contributed by atoms with Crippen molar-refractivity contribution in [2.45, 2.75) is 13.5 Å². The molecule has 0 unspecified atom stereocenters. The summed E-state index contributed by atoms with van der Waals surface area (Å²) in [6.07, 6.45) is 0. The van der Waals surface area contributed by atoms with Gasteiger partial charge >= 0.3 is 0 Å². The molecule has 0 radical (unpaired) electrons. The van der Waals surface area contributed by atoms with E-state index < -0.39 is 0 Å². The summed E-state index contributed by atoms with van der Waals surface area (Å²) in [6.45, 7) is 3.79. The predicted molar refractivity (Wildman–Crippen MR) is 134 cm³/mol.